The number of phenols is 2. The fourth-order valence-corrected chi connectivity index (χ4v) is 3.28. The molecule has 0 aliphatic carbocycles. The molecule has 126 valence electrons. The fourth-order valence-electron chi connectivity index (χ4n) is 2.63. The van der Waals surface area contributed by atoms with Gasteiger partial charge in [-0.25, -0.2) is 13.2 Å². The third kappa shape index (κ3) is 2.54. The van der Waals surface area contributed by atoms with Crippen molar-refractivity contribution >= 4 is 20.9 Å². The first-order valence-corrected chi connectivity index (χ1v) is 9.11. The first-order chi connectivity index (χ1) is 11.2. The Balaban J connectivity index is 2.32. The minimum Gasteiger partial charge on any atom is -0.508 e. The Morgan fingerprint density at radius 3 is 2.46 bits per heavy atom. The molecular formula is C16H16N2O5S. The van der Waals surface area contributed by atoms with Crippen LogP contribution in [0.3, 0.4) is 0 Å². The molecular weight excluding hydrogens is 332 g/mol. The molecule has 3 aromatic rings. The Morgan fingerprint density at radius 1 is 1.12 bits per heavy atom. The summed E-state index contributed by atoms with van der Waals surface area (Å²) in [7, 11) is -3.40. The second-order valence-corrected chi connectivity index (χ2v) is 7.56. The van der Waals surface area contributed by atoms with Gasteiger partial charge in [-0.15, -0.1) is 0 Å². The molecule has 1 aromatic heterocycles. The number of aromatic amines is 1. The van der Waals surface area contributed by atoms with Crippen molar-refractivity contribution in [2.24, 2.45) is 0 Å². The summed E-state index contributed by atoms with van der Waals surface area (Å²) in [5, 5.41) is 19.9. The van der Waals surface area contributed by atoms with Crippen LogP contribution >= 0.6 is 0 Å². The van der Waals surface area contributed by atoms with Gasteiger partial charge in [0.05, 0.1) is 21.6 Å². The number of sulfone groups is 1. The number of nitrogens with zero attached hydrogens (tertiary/aromatic N) is 1. The van der Waals surface area contributed by atoms with Gasteiger partial charge in [0.15, 0.2) is 9.84 Å². The number of fused-ring (bicyclic) bond motifs is 1. The molecule has 0 aliphatic heterocycles. The Hall–Kier alpha value is -2.74. The summed E-state index contributed by atoms with van der Waals surface area (Å²) >= 11 is 0. The normalized spacial score (nSPS) is 11.9. The van der Waals surface area contributed by atoms with Crippen molar-refractivity contribution in [3.63, 3.8) is 0 Å². The van der Waals surface area contributed by atoms with Crippen LogP contribution < -0.4 is 5.69 Å². The number of phenolic OH excluding ortho intramolecular Hbond substituents is 2. The topological polar surface area (TPSA) is 112 Å². The van der Waals surface area contributed by atoms with Gasteiger partial charge >= 0.3 is 5.69 Å². The summed E-state index contributed by atoms with van der Waals surface area (Å²) in [5.74, 6) is -0.300. The van der Waals surface area contributed by atoms with Gasteiger partial charge in [0, 0.05) is 12.3 Å². The summed E-state index contributed by atoms with van der Waals surface area (Å²) in [6.45, 7) is 1.84. The number of nitrogens with one attached hydrogen (secondary N) is 1. The van der Waals surface area contributed by atoms with Gasteiger partial charge in [-0.1, -0.05) is 6.92 Å². The highest BCUT2D eigenvalue weighted by molar-refractivity contribution is 7.90. The molecule has 0 atom stereocenters. The van der Waals surface area contributed by atoms with Crippen LogP contribution in [0.2, 0.25) is 0 Å². The van der Waals surface area contributed by atoms with Crippen molar-refractivity contribution in [3.8, 4) is 17.2 Å². The Labute approximate surface area is 137 Å². The molecule has 0 saturated carbocycles. The predicted molar refractivity (Wildman–Crippen MR) is 89.7 cm³/mol. The zero-order valence-corrected chi connectivity index (χ0v) is 13.9. The number of H-pyrrole nitrogens is 1. The van der Waals surface area contributed by atoms with E-state index >= 15 is 0 Å². The van der Waals surface area contributed by atoms with Crippen LogP contribution in [0.15, 0.2) is 40.0 Å². The van der Waals surface area contributed by atoms with Crippen LogP contribution in [0.25, 0.3) is 16.7 Å². The maximum Gasteiger partial charge on any atom is 0.331 e. The molecule has 3 N–H and O–H groups in total. The lowest BCUT2D eigenvalue weighted by atomic mass is 10.1. The highest BCUT2D eigenvalue weighted by Crippen LogP contribution is 2.31. The van der Waals surface area contributed by atoms with Crippen LogP contribution in [0.1, 0.15) is 12.5 Å². The fraction of sp³-hybridized carbons (Fsp3) is 0.188. The Morgan fingerprint density at radius 2 is 1.83 bits per heavy atom. The lowest BCUT2D eigenvalue weighted by Gasteiger charge is -2.10. The van der Waals surface area contributed by atoms with E-state index in [0.29, 0.717) is 23.0 Å². The van der Waals surface area contributed by atoms with Gasteiger partial charge in [0.1, 0.15) is 11.5 Å². The Kier molecular flexibility index (Phi) is 3.64. The standard InChI is InChI=1S/C16H16N2O5S/c1-3-9-6-13(15(20)8-14(9)19)18-12-5-4-10(24(2,22)23)7-11(12)17-16(18)21/h4-8,19-20H,3H2,1-2H3,(H,17,21). The van der Waals surface area contributed by atoms with Crippen LogP contribution in [-0.2, 0) is 16.3 Å². The number of benzene rings is 2. The van der Waals surface area contributed by atoms with Crippen LogP contribution in [-0.4, -0.2) is 34.4 Å². The maximum absolute atomic E-state index is 12.3. The van der Waals surface area contributed by atoms with Crippen molar-refractivity contribution in [1.29, 1.82) is 0 Å². The van der Waals surface area contributed by atoms with Gasteiger partial charge in [-0.05, 0) is 36.2 Å². The number of hydrogen-bond acceptors (Lipinski definition) is 5. The molecule has 0 unspecified atom stereocenters. The second-order valence-electron chi connectivity index (χ2n) is 5.54. The van der Waals surface area contributed by atoms with Crippen molar-refractivity contribution in [2.75, 3.05) is 6.26 Å². The van der Waals surface area contributed by atoms with Crippen molar-refractivity contribution < 1.29 is 18.6 Å². The average molecular weight is 348 g/mol. The van der Waals surface area contributed by atoms with Gasteiger partial charge in [-0.3, -0.25) is 4.57 Å². The number of hydrogen-bond donors (Lipinski definition) is 3. The van der Waals surface area contributed by atoms with E-state index in [0.717, 1.165) is 6.26 Å². The molecule has 24 heavy (non-hydrogen) atoms. The van der Waals surface area contributed by atoms with E-state index in [9.17, 15) is 23.4 Å². The lowest BCUT2D eigenvalue weighted by molar-refractivity contribution is 0.444. The summed E-state index contributed by atoms with van der Waals surface area (Å²) in [5.41, 5.74) is 1.05. The number of rotatable bonds is 3. The Bertz CT molecular complexity index is 1110. The van der Waals surface area contributed by atoms with Crippen LogP contribution in [0.5, 0.6) is 11.5 Å². The largest absolute Gasteiger partial charge is 0.508 e. The second kappa shape index (κ2) is 5.41. The van der Waals surface area contributed by atoms with Crippen molar-refractivity contribution in [2.45, 2.75) is 18.2 Å². The third-order valence-corrected chi connectivity index (χ3v) is 4.99. The van der Waals surface area contributed by atoms with E-state index in [1.54, 1.807) is 0 Å². The quantitative estimate of drug-likeness (QED) is 0.667. The van der Waals surface area contributed by atoms with E-state index in [4.69, 9.17) is 0 Å². The van der Waals surface area contributed by atoms with Crippen molar-refractivity contribution in [3.05, 3.63) is 46.4 Å². The van der Waals surface area contributed by atoms with E-state index in [2.05, 4.69) is 4.98 Å². The van der Waals surface area contributed by atoms with E-state index in [1.807, 2.05) is 6.92 Å². The maximum atomic E-state index is 12.3. The first-order valence-electron chi connectivity index (χ1n) is 7.22. The van der Waals surface area contributed by atoms with Gasteiger partial charge in [0.2, 0.25) is 0 Å². The number of imidazole rings is 1. The first kappa shape index (κ1) is 16.1. The highest BCUT2D eigenvalue weighted by atomic mass is 32.2. The molecule has 0 aliphatic rings. The molecule has 3 rings (SSSR count). The molecule has 7 nitrogen and oxygen atoms in total. The zero-order chi connectivity index (χ0) is 17.6. The molecule has 2 aromatic carbocycles. The number of aromatic nitrogens is 2. The van der Waals surface area contributed by atoms with Crippen LogP contribution in [0.4, 0.5) is 0 Å². The van der Waals surface area contributed by atoms with Crippen molar-refractivity contribution in [1.82, 2.24) is 9.55 Å². The molecule has 0 amide bonds. The summed E-state index contributed by atoms with van der Waals surface area (Å²) in [4.78, 5) is 15.0. The van der Waals surface area contributed by atoms with E-state index in [1.165, 1.54) is 34.9 Å². The number of aryl methyl sites for hydroxylation is 1. The summed E-state index contributed by atoms with van der Waals surface area (Å²) in [6, 6.07) is 7.00. The summed E-state index contributed by atoms with van der Waals surface area (Å²) in [6.07, 6.45) is 1.61. The molecule has 0 radical (unpaired) electrons. The van der Waals surface area contributed by atoms with Crippen LogP contribution in [0, 0.1) is 0 Å². The average Bonchev–Trinajstić information content (AvgIpc) is 2.82. The van der Waals surface area contributed by atoms with Gasteiger partial charge in [-0.2, -0.15) is 0 Å². The monoisotopic (exact) mass is 348 g/mol. The van der Waals surface area contributed by atoms with Gasteiger partial charge < -0.3 is 15.2 Å². The molecule has 0 fully saturated rings. The van der Waals surface area contributed by atoms with E-state index < -0.39 is 15.5 Å². The number of aromatic hydroxyl groups is 2. The molecule has 0 bridgehead atoms. The molecule has 8 heteroatoms. The third-order valence-electron chi connectivity index (χ3n) is 3.88. The smallest absolute Gasteiger partial charge is 0.331 e. The predicted octanol–water partition coefficient (Wildman–Crippen LogP) is 1.70. The molecule has 1 heterocycles. The summed E-state index contributed by atoms with van der Waals surface area (Å²) < 4.78 is 24.5. The lowest BCUT2D eigenvalue weighted by Crippen LogP contribution is -2.15. The minimum atomic E-state index is -3.40. The van der Waals surface area contributed by atoms with Gasteiger partial charge in [0.25, 0.3) is 0 Å². The SMILES string of the molecule is CCc1cc(-n2c(=O)[nH]c3cc(S(C)(=O)=O)ccc32)c(O)cc1O. The highest BCUT2D eigenvalue weighted by Gasteiger charge is 2.17. The zero-order valence-electron chi connectivity index (χ0n) is 13.1. The van der Waals surface area contributed by atoms with E-state index in [-0.39, 0.29) is 22.1 Å². The minimum absolute atomic E-state index is 0.0500. The molecule has 0 spiro atoms. The molecule has 0 saturated heterocycles.